The van der Waals surface area contributed by atoms with Crippen LogP contribution in [0.25, 0.3) is 11.0 Å². The molecule has 4 aromatic rings. The number of ether oxygens (including phenoxy) is 3. The molecule has 41 heavy (non-hydrogen) atoms. The molecule has 210 valence electrons. The number of furan rings is 1. The average Bonchev–Trinajstić information content (AvgIpc) is 3.29. The number of nitrogens with zero attached hydrogens (tertiary/aromatic N) is 1. The van der Waals surface area contributed by atoms with Gasteiger partial charge in [0.1, 0.15) is 34.5 Å². The lowest BCUT2D eigenvalue weighted by atomic mass is 9.83. The summed E-state index contributed by atoms with van der Waals surface area (Å²) in [5.74, 6) is 0.607. The molecule has 0 saturated carbocycles. The van der Waals surface area contributed by atoms with E-state index in [1.165, 1.54) is 19.3 Å². The van der Waals surface area contributed by atoms with Crippen LogP contribution in [-0.4, -0.2) is 12.6 Å². The number of carbonyl (C=O) groups excluding carboxylic acids is 1. The quantitative estimate of drug-likeness (QED) is 0.122. The Balaban J connectivity index is 1.34. The van der Waals surface area contributed by atoms with E-state index < -0.39 is 11.9 Å². The summed E-state index contributed by atoms with van der Waals surface area (Å²) in [5.41, 5.74) is 10.5. The summed E-state index contributed by atoms with van der Waals surface area (Å²) in [6, 6.07) is 20.8. The van der Waals surface area contributed by atoms with E-state index in [9.17, 15) is 10.1 Å². The highest BCUT2D eigenvalue weighted by Gasteiger charge is 2.31. The second-order valence-electron chi connectivity index (χ2n) is 10.4. The topological polar surface area (TPSA) is 108 Å². The lowest BCUT2D eigenvalue weighted by Gasteiger charge is -2.26. The molecule has 2 heterocycles. The minimum atomic E-state index is -0.606. The first-order valence-corrected chi connectivity index (χ1v) is 14.1. The molecule has 2 N–H and O–H groups in total. The molecule has 1 atom stereocenters. The predicted octanol–water partition coefficient (Wildman–Crippen LogP) is 7.84. The van der Waals surface area contributed by atoms with Gasteiger partial charge in [0.2, 0.25) is 11.6 Å². The Kier molecular flexibility index (Phi) is 8.30. The number of hydrogen-bond acceptors (Lipinski definition) is 7. The molecule has 7 heteroatoms. The van der Waals surface area contributed by atoms with Crippen molar-refractivity contribution in [2.24, 2.45) is 5.73 Å². The van der Waals surface area contributed by atoms with Gasteiger partial charge in [0, 0.05) is 22.6 Å². The van der Waals surface area contributed by atoms with Crippen molar-refractivity contribution in [3.8, 4) is 23.3 Å². The van der Waals surface area contributed by atoms with Crippen LogP contribution in [0.1, 0.15) is 77.8 Å². The molecule has 1 aliphatic heterocycles. The third-order valence-electron chi connectivity index (χ3n) is 7.41. The molecule has 0 aliphatic carbocycles. The normalized spacial score (nSPS) is 14.3. The van der Waals surface area contributed by atoms with E-state index >= 15 is 0 Å². The van der Waals surface area contributed by atoms with Crippen molar-refractivity contribution in [1.82, 2.24) is 0 Å². The van der Waals surface area contributed by atoms with Crippen LogP contribution in [0.4, 0.5) is 0 Å². The third kappa shape index (κ3) is 5.92. The van der Waals surface area contributed by atoms with E-state index in [-0.39, 0.29) is 17.4 Å². The molecule has 7 nitrogen and oxygen atoms in total. The number of esters is 1. The summed E-state index contributed by atoms with van der Waals surface area (Å²) >= 11 is 0. The Hall–Kier alpha value is -4.70. The fourth-order valence-electron chi connectivity index (χ4n) is 5.18. The van der Waals surface area contributed by atoms with Crippen molar-refractivity contribution in [3.63, 3.8) is 0 Å². The van der Waals surface area contributed by atoms with Gasteiger partial charge in [-0.1, -0.05) is 62.9 Å². The van der Waals surface area contributed by atoms with Gasteiger partial charge in [0.15, 0.2) is 0 Å². The van der Waals surface area contributed by atoms with Crippen LogP contribution in [0, 0.1) is 25.2 Å². The zero-order valence-corrected chi connectivity index (χ0v) is 23.7. The number of hydrogen-bond donors (Lipinski definition) is 1. The Morgan fingerprint density at radius 1 is 0.976 bits per heavy atom. The molecule has 1 aromatic heterocycles. The maximum Gasteiger partial charge on any atom is 0.379 e. The zero-order valence-electron chi connectivity index (χ0n) is 23.7. The van der Waals surface area contributed by atoms with Gasteiger partial charge < -0.3 is 24.4 Å². The largest absolute Gasteiger partial charge is 0.494 e. The molecule has 5 rings (SSSR count). The molecule has 0 spiro atoms. The number of unbranched alkanes of at least 4 members (excludes halogenated alkanes) is 4. The van der Waals surface area contributed by atoms with Crippen LogP contribution in [-0.2, 0) is 0 Å². The van der Waals surface area contributed by atoms with E-state index in [4.69, 9.17) is 24.4 Å². The van der Waals surface area contributed by atoms with Gasteiger partial charge in [-0.15, -0.1) is 0 Å². The number of aryl methyl sites for hydroxylation is 2. The second kappa shape index (κ2) is 12.2. The number of rotatable bonds is 10. The molecule has 0 amide bonds. The molecular formula is C34H34N2O5. The molecule has 0 bridgehead atoms. The SMILES string of the molecule is CCCCCCCOc1ccc(C2C(C#N)=C(N)Oc3cc(OC(=O)c4oc5cc(C)ccc5c4C)ccc32)cc1. The Bertz CT molecular complexity index is 1640. The second-order valence-corrected chi connectivity index (χ2v) is 10.4. The van der Waals surface area contributed by atoms with Crippen molar-refractivity contribution >= 4 is 16.9 Å². The molecule has 3 aromatic carbocycles. The van der Waals surface area contributed by atoms with Gasteiger partial charge in [0.25, 0.3) is 0 Å². The van der Waals surface area contributed by atoms with Crippen molar-refractivity contribution in [3.05, 3.63) is 100 Å². The number of nitriles is 1. The molecular weight excluding hydrogens is 516 g/mol. The van der Waals surface area contributed by atoms with Crippen molar-refractivity contribution in [2.45, 2.75) is 58.8 Å². The summed E-state index contributed by atoms with van der Waals surface area (Å²) in [6.07, 6.45) is 5.89. The highest BCUT2D eigenvalue weighted by Crippen LogP contribution is 2.44. The number of benzene rings is 3. The molecule has 0 fully saturated rings. The van der Waals surface area contributed by atoms with Crippen molar-refractivity contribution < 1.29 is 23.4 Å². The zero-order chi connectivity index (χ0) is 28.9. The van der Waals surface area contributed by atoms with Crippen LogP contribution in [0.2, 0.25) is 0 Å². The summed E-state index contributed by atoms with van der Waals surface area (Å²) in [6.45, 7) is 6.67. The van der Waals surface area contributed by atoms with Crippen LogP contribution >= 0.6 is 0 Å². The first-order chi connectivity index (χ1) is 19.9. The maximum absolute atomic E-state index is 13.0. The van der Waals surface area contributed by atoms with Crippen LogP contribution < -0.4 is 19.9 Å². The Labute approximate surface area is 240 Å². The fourth-order valence-corrected chi connectivity index (χ4v) is 5.18. The minimum Gasteiger partial charge on any atom is -0.494 e. The van der Waals surface area contributed by atoms with E-state index in [2.05, 4.69) is 13.0 Å². The van der Waals surface area contributed by atoms with Crippen molar-refractivity contribution in [1.29, 1.82) is 5.26 Å². The first-order valence-electron chi connectivity index (χ1n) is 14.1. The maximum atomic E-state index is 13.0. The number of allylic oxidation sites excluding steroid dienone is 1. The first kappa shape index (κ1) is 27.9. The van der Waals surface area contributed by atoms with E-state index in [0.29, 0.717) is 29.1 Å². The standard InChI is InChI=1S/C34H34N2O5/c1-4-5-6-7-8-17-38-24-12-10-23(11-13-24)31-27-16-14-25(19-30(27)41-33(36)28(31)20-35)39-34(37)32-22(3)26-15-9-21(2)18-29(26)40-32/h9-16,18-19,31H,4-8,17,36H2,1-3H3. The highest BCUT2D eigenvalue weighted by molar-refractivity contribution is 5.97. The van der Waals surface area contributed by atoms with E-state index in [1.807, 2.05) is 56.3 Å². The van der Waals surface area contributed by atoms with Crippen LogP contribution in [0.3, 0.4) is 0 Å². The Morgan fingerprint density at radius 3 is 2.49 bits per heavy atom. The lowest BCUT2D eigenvalue weighted by molar-refractivity contribution is 0.0702. The van der Waals surface area contributed by atoms with Gasteiger partial charge in [-0.05, 0) is 55.7 Å². The molecule has 0 saturated heterocycles. The monoisotopic (exact) mass is 550 g/mol. The van der Waals surface area contributed by atoms with Gasteiger partial charge >= 0.3 is 5.97 Å². The summed E-state index contributed by atoms with van der Waals surface area (Å²) in [5, 5.41) is 10.8. The minimum absolute atomic E-state index is 0.0179. The van der Waals surface area contributed by atoms with Gasteiger partial charge in [0.05, 0.1) is 12.5 Å². The number of fused-ring (bicyclic) bond motifs is 2. The number of nitrogens with two attached hydrogens (primary N) is 1. The van der Waals surface area contributed by atoms with Crippen LogP contribution in [0.15, 0.2) is 76.5 Å². The van der Waals surface area contributed by atoms with E-state index in [0.717, 1.165) is 40.7 Å². The fraction of sp³-hybridized carbons (Fsp3) is 0.294. The average molecular weight is 551 g/mol. The van der Waals surface area contributed by atoms with Gasteiger partial charge in [-0.3, -0.25) is 0 Å². The van der Waals surface area contributed by atoms with Crippen LogP contribution in [0.5, 0.6) is 17.2 Å². The summed E-state index contributed by atoms with van der Waals surface area (Å²) in [7, 11) is 0. The number of carbonyl (C=O) groups is 1. The molecule has 1 aliphatic rings. The summed E-state index contributed by atoms with van der Waals surface area (Å²) in [4.78, 5) is 13.0. The summed E-state index contributed by atoms with van der Waals surface area (Å²) < 4.78 is 23.2. The molecule has 1 unspecified atom stereocenters. The Morgan fingerprint density at radius 2 is 1.73 bits per heavy atom. The predicted molar refractivity (Wildman–Crippen MR) is 157 cm³/mol. The molecule has 0 radical (unpaired) electrons. The highest BCUT2D eigenvalue weighted by atomic mass is 16.5. The van der Waals surface area contributed by atoms with Gasteiger partial charge in [-0.2, -0.15) is 5.26 Å². The van der Waals surface area contributed by atoms with E-state index in [1.54, 1.807) is 18.2 Å². The smallest absolute Gasteiger partial charge is 0.379 e. The van der Waals surface area contributed by atoms with Crippen molar-refractivity contribution in [2.75, 3.05) is 6.61 Å². The third-order valence-corrected chi connectivity index (χ3v) is 7.41. The lowest BCUT2D eigenvalue weighted by Crippen LogP contribution is -2.21. The van der Waals surface area contributed by atoms with Gasteiger partial charge in [-0.25, -0.2) is 4.79 Å².